The molecule has 2 amide bonds. The number of rotatable bonds is 5. The lowest BCUT2D eigenvalue weighted by Crippen LogP contribution is -2.46. The van der Waals surface area contributed by atoms with E-state index < -0.39 is 17.7 Å². The van der Waals surface area contributed by atoms with Gasteiger partial charge < -0.3 is 15.1 Å². The van der Waals surface area contributed by atoms with Crippen LogP contribution in [-0.2, 0) is 15.8 Å². The Morgan fingerprint density at radius 3 is 2.63 bits per heavy atom. The molecule has 160 valence electrons. The lowest BCUT2D eigenvalue weighted by Gasteiger charge is -2.35. The summed E-state index contributed by atoms with van der Waals surface area (Å²) in [6.07, 6.45) is -2.09. The minimum atomic E-state index is -4.52. The number of pyridine rings is 1. The number of halogens is 3. The maximum atomic E-state index is 13.3. The van der Waals surface area contributed by atoms with Crippen LogP contribution in [0.1, 0.15) is 18.4 Å². The van der Waals surface area contributed by atoms with E-state index in [0.29, 0.717) is 25.1 Å². The SMILES string of the molecule is CN(CC(=O)Nc1ccccc1)C(=O)C1CCCN(c2ncccc2C(F)(F)F)C1. The standard InChI is InChI=1S/C21H23F3N4O2/c1-27(14-18(29)26-16-8-3-2-4-9-16)20(30)15-7-6-12-28(13-15)19-17(21(22,23)24)10-5-11-25-19/h2-5,8-11,15H,6-7,12-14H2,1H3,(H,26,29). The van der Waals surface area contributed by atoms with Crippen LogP contribution in [0.15, 0.2) is 48.7 Å². The Kier molecular flexibility index (Phi) is 6.59. The van der Waals surface area contributed by atoms with Crippen molar-refractivity contribution in [1.82, 2.24) is 9.88 Å². The minimum absolute atomic E-state index is 0.129. The molecule has 1 saturated heterocycles. The number of benzene rings is 1. The molecular formula is C21H23F3N4O2. The zero-order valence-electron chi connectivity index (χ0n) is 16.5. The first kappa shape index (κ1) is 21.6. The largest absolute Gasteiger partial charge is 0.419 e. The van der Waals surface area contributed by atoms with E-state index in [1.54, 1.807) is 24.3 Å². The van der Waals surface area contributed by atoms with Crippen LogP contribution in [-0.4, -0.2) is 48.4 Å². The Hall–Kier alpha value is -3.10. The van der Waals surface area contributed by atoms with Gasteiger partial charge in [0.1, 0.15) is 5.82 Å². The Labute approximate surface area is 172 Å². The third-order valence-electron chi connectivity index (χ3n) is 4.98. The van der Waals surface area contributed by atoms with Crippen LogP contribution >= 0.6 is 0 Å². The van der Waals surface area contributed by atoms with E-state index in [9.17, 15) is 22.8 Å². The highest BCUT2D eigenvalue weighted by molar-refractivity contribution is 5.94. The van der Waals surface area contributed by atoms with E-state index in [1.807, 2.05) is 6.07 Å². The summed E-state index contributed by atoms with van der Waals surface area (Å²) < 4.78 is 40.0. The lowest BCUT2D eigenvalue weighted by atomic mass is 9.96. The number of para-hydroxylation sites is 1. The van der Waals surface area contributed by atoms with Crippen molar-refractivity contribution in [3.63, 3.8) is 0 Å². The fraction of sp³-hybridized carbons (Fsp3) is 0.381. The van der Waals surface area contributed by atoms with Crippen molar-refractivity contribution in [3.8, 4) is 0 Å². The first-order valence-corrected chi connectivity index (χ1v) is 9.62. The van der Waals surface area contributed by atoms with Crippen molar-refractivity contribution in [2.75, 3.05) is 36.9 Å². The van der Waals surface area contributed by atoms with Gasteiger partial charge in [0.2, 0.25) is 11.8 Å². The van der Waals surface area contributed by atoms with E-state index in [1.165, 1.54) is 29.1 Å². The zero-order valence-corrected chi connectivity index (χ0v) is 16.5. The fourth-order valence-electron chi connectivity index (χ4n) is 3.57. The molecule has 6 nitrogen and oxygen atoms in total. The number of piperidine rings is 1. The average Bonchev–Trinajstić information content (AvgIpc) is 2.73. The van der Waals surface area contributed by atoms with Crippen LogP contribution in [0.3, 0.4) is 0 Å². The highest BCUT2D eigenvalue weighted by Crippen LogP contribution is 2.36. The van der Waals surface area contributed by atoms with Gasteiger partial charge in [0.25, 0.3) is 0 Å². The first-order chi connectivity index (χ1) is 14.3. The van der Waals surface area contributed by atoms with Gasteiger partial charge >= 0.3 is 6.18 Å². The molecule has 30 heavy (non-hydrogen) atoms. The number of nitrogens with one attached hydrogen (secondary N) is 1. The summed E-state index contributed by atoms with van der Waals surface area (Å²) in [6, 6.07) is 11.1. The Morgan fingerprint density at radius 2 is 1.93 bits per heavy atom. The van der Waals surface area contributed by atoms with Crippen molar-refractivity contribution in [2.45, 2.75) is 19.0 Å². The lowest BCUT2D eigenvalue weighted by molar-refractivity contribution is -0.137. The highest BCUT2D eigenvalue weighted by atomic mass is 19.4. The number of carbonyl (C=O) groups excluding carboxylic acids is 2. The van der Waals surface area contributed by atoms with Gasteiger partial charge in [0.15, 0.2) is 0 Å². The second-order valence-electron chi connectivity index (χ2n) is 7.27. The molecule has 1 atom stereocenters. The molecule has 1 aromatic carbocycles. The molecule has 0 spiro atoms. The number of alkyl halides is 3. The van der Waals surface area contributed by atoms with Gasteiger partial charge in [-0.15, -0.1) is 0 Å². The minimum Gasteiger partial charge on any atom is -0.355 e. The Bertz CT molecular complexity index is 889. The normalized spacial score (nSPS) is 16.8. The van der Waals surface area contributed by atoms with Crippen LogP contribution in [0, 0.1) is 5.92 Å². The van der Waals surface area contributed by atoms with Gasteiger partial charge in [-0.2, -0.15) is 13.2 Å². The fourth-order valence-corrected chi connectivity index (χ4v) is 3.57. The number of hydrogen-bond acceptors (Lipinski definition) is 4. The number of aromatic nitrogens is 1. The predicted molar refractivity (Wildman–Crippen MR) is 107 cm³/mol. The van der Waals surface area contributed by atoms with E-state index in [2.05, 4.69) is 10.3 Å². The van der Waals surface area contributed by atoms with Crippen LogP contribution in [0.2, 0.25) is 0 Å². The second-order valence-corrected chi connectivity index (χ2v) is 7.27. The molecule has 1 fully saturated rings. The molecule has 0 saturated carbocycles. The highest BCUT2D eigenvalue weighted by Gasteiger charge is 2.37. The molecule has 9 heteroatoms. The van der Waals surface area contributed by atoms with Crippen LogP contribution in [0.4, 0.5) is 24.7 Å². The molecular weight excluding hydrogens is 397 g/mol. The number of carbonyl (C=O) groups is 2. The van der Waals surface area contributed by atoms with E-state index in [-0.39, 0.29) is 30.7 Å². The Morgan fingerprint density at radius 1 is 1.20 bits per heavy atom. The third kappa shape index (κ3) is 5.28. The summed E-state index contributed by atoms with van der Waals surface area (Å²) in [5.41, 5.74) is -0.185. The summed E-state index contributed by atoms with van der Waals surface area (Å²) in [5, 5.41) is 2.71. The predicted octanol–water partition coefficient (Wildman–Crippen LogP) is 3.41. The molecule has 1 aliphatic heterocycles. The molecule has 1 aliphatic rings. The average molecular weight is 420 g/mol. The topological polar surface area (TPSA) is 65.5 Å². The number of hydrogen-bond donors (Lipinski definition) is 1. The second kappa shape index (κ2) is 9.15. The molecule has 2 heterocycles. The third-order valence-corrected chi connectivity index (χ3v) is 4.98. The van der Waals surface area contributed by atoms with Gasteiger partial charge in [-0.1, -0.05) is 18.2 Å². The van der Waals surface area contributed by atoms with Gasteiger partial charge in [0.05, 0.1) is 18.0 Å². The van der Waals surface area contributed by atoms with Crippen LogP contribution in [0.5, 0.6) is 0 Å². The number of amides is 2. The smallest absolute Gasteiger partial charge is 0.355 e. The molecule has 0 bridgehead atoms. The van der Waals surface area contributed by atoms with E-state index in [4.69, 9.17) is 0 Å². The van der Waals surface area contributed by atoms with Gasteiger partial charge in [0, 0.05) is 32.0 Å². The molecule has 1 N–H and O–H groups in total. The zero-order chi connectivity index (χ0) is 21.7. The van der Waals surface area contributed by atoms with Crippen molar-refractivity contribution in [2.24, 2.45) is 5.92 Å². The maximum Gasteiger partial charge on any atom is 0.419 e. The molecule has 3 rings (SSSR count). The van der Waals surface area contributed by atoms with Gasteiger partial charge in [-0.25, -0.2) is 4.98 Å². The molecule has 1 unspecified atom stereocenters. The summed E-state index contributed by atoms with van der Waals surface area (Å²) in [6.45, 7) is 0.382. The van der Waals surface area contributed by atoms with Crippen LogP contribution in [0.25, 0.3) is 0 Å². The molecule has 2 aromatic rings. The van der Waals surface area contributed by atoms with E-state index >= 15 is 0 Å². The van der Waals surface area contributed by atoms with Crippen molar-refractivity contribution >= 4 is 23.3 Å². The quantitative estimate of drug-likeness (QED) is 0.805. The number of likely N-dealkylation sites (N-methyl/N-ethyl adjacent to an activating group) is 1. The summed E-state index contributed by atoms with van der Waals surface area (Å²) in [7, 11) is 1.52. The first-order valence-electron chi connectivity index (χ1n) is 9.62. The van der Waals surface area contributed by atoms with Crippen LogP contribution < -0.4 is 10.2 Å². The molecule has 0 aliphatic carbocycles. The van der Waals surface area contributed by atoms with Crippen molar-refractivity contribution in [1.29, 1.82) is 0 Å². The van der Waals surface area contributed by atoms with Crippen molar-refractivity contribution < 1.29 is 22.8 Å². The number of anilines is 2. The van der Waals surface area contributed by atoms with Crippen molar-refractivity contribution in [3.05, 3.63) is 54.2 Å². The molecule has 0 radical (unpaired) electrons. The number of nitrogens with zero attached hydrogens (tertiary/aromatic N) is 3. The maximum absolute atomic E-state index is 13.3. The molecule has 1 aromatic heterocycles. The summed E-state index contributed by atoms with van der Waals surface area (Å²) in [5.74, 6) is -1.27. The summed E-state index contributed by atoms with van der Waals surface area (Å²) >= 11 is 0. The summed E-state index contributed by atoms with van der Waals surface area (Å²) in [4.78, 5) is 31.8. The van der Waals surface area contributed by atoms with Gasteiger partial charge in [-0.05, 0) is 37.1 Å². The van der Waals surface area contributed by atoms with E-state index in [0.717, 1.165) is 6.07 Å². The Balaban J connectivity index is 1.64. The van der Waals surface area contributed by atoms with Gasteiger partial charge in [-0.3, -0.25) is 9.59 Å². The monoisotopic (exact) mass is 420 g/mol.